The molecule has 17 heavy (non-hydrogen) atoms. The molecular formula is C13H28IN3. The Kier molecular flexibility index (Phi) is 11.1. The first-order chi connectivity index (χ1) is 7.86. The first-order valence-corrected chi connectivity index (χ1v) is 6.89. The Labute approximate surface area is 123 Å². The molecule has 0 saturated heterocycles. The molecule has 102 valence electrons. The van der Waals surface area contributed by atoms with Gasteiger partial charge in [0.15, 0.2) is 5.96 Å². The van der Waals surface area contributed by atoms with Gasteiger partial charge in [0.05, 0.1) is 0 Å². The number of nitrogens with zero attached hydrogens (tertiary/aromatic N) is 1. The van der Waals surface area contributed by atoms with Gasteiger partial charge in [0.2, 0.25) is 0 Å². The third-order valence-corrected chi connectivity index (χ3v) is 3.12. The molecule has 0 amide bonds. The summed E-state index contributed by atoms with van der Waals surface area (Å²) in [5, 5.41) is 6.77. The molecule has 1 aliphatic rings. The number of aliphatic imine (C=N–C) groups is 1. The third-order valence-electron chi connectivity index (χ3n) is 3.12. The number of guanidine groups is 1. The van der Waals surface area contributed by atoms with Gasteiger partial charge in [-0.15, -0.1) is 24.0 Å². The van der Waals surface area contributed by atoms with E-state index in [-0.39, 0.29) is 24.0 Å². The zero-order valence-electron chi connectivity index (χ0n) is 11.3. The maximum atomic E-state index is 4.44. The van der Waals surface area contributed by atoms with E-state index >= 15 is 0 Å². The average molecular weight is 353 g/mol. The number of unbranched alkanes of at least 4 members (excludes halogenated alkanes) is 1. The van der Waals surface area contributed by atoms with Crippen LogP contribution in [0.15, 0.2) is 4.99 Å². The van der Waals surface area contributed by atoms with E-state index in [0.717, 1.165) is 31.5 Å². The minimum atomic E-state index is 0. The van der Waals surface area contributed by atoms with Gasteiger partial charge >= 0.3 is 0 Å². The fourth-order valence-corrected chi connectivity index (χ4v) is 2.14. The van der Waals surface area contributed by atoms with Crippen molar-refractivity contribution >= 4 is 29.9 Å². The number of hydrogen-bond donors (Lipinski definition) is 2. The van der Waals surface area contributed by atoms with Gasteiger partial charge in [-0.1, -0.05) is 33.1 Å². The first kappa shape index (κ1) is 17.0. The van der Waals surface area contributed by atoms with Gasteiger partial charge in [0.1, 0.15) is 0 Å². The quantitative estimate of drug-likeness (QED) is 0.690. The molecular weight excluding hydrogens is 325 g/mol. The van der Waals surface area contributed by atoms with Gasteiger partial charge < -0.3 is 10.6 Å². The maximum absolute atomic E-state index is 4.44. The highest BCUT2D eigenvalue weighted by atomic mass is 127. The summed E-state index contributed by atoms with van der Waals surface area (Å²) in [5.41, 5.74) is 0. The minimum absolute atomic E-state index is 0. The molecule has 0 bridgehead atoms. The molecule has 1 aliphatic heterocycles. The van der Waals surface area contributed by atoms with Gasteiger partial charge in [-0.25, -0.2) is 0 Å². The summed E-state index contributed by atoms with van der Waals surface area (Å²) in [4.78, 5) is 4.44. The van der Waals surface area contributed by atoms with Crippen molar-refractivity contribution in [2.24, 2.45) is 10.9 Å². The van der Waals surface area contributed by atoms with E-state index in [1.54, 1.807) is 0 Å². The molecule has 1 heterocycles. The zero-order chi connectivity index (χ0) is 11.6. The van der Waals surface area contributed by atoms with Crippen LogP contribution in [0.25, 0.3) is 0 Å². The van der Waals surface area contributed by atoms with Crippen LogP contribution in [0.5, 0.6) is 0 Å². The predicted molar refractivity (Wildman–Crippen MR) is 86.3 cm³/mol. The van der Waals surface area contributed by atoms with Gasteiger partial charge in [-0.2, -0.15) is 0 Å². The molecule has 0 aromatic rings. The van der Waals surface area contributed by atoms with Gasteiger partial charge in [-0.3, -0.25) is 4.99 Å². The number of hydrogen-bond acceptors (Lipinski definition) is 3. The van der Waals surface area contributed by atoms with Crippen LogP contribution in [0, 0.1) is 5.92 Å². The van der Waals surface area contributed by atoms with Crippen LogP contribution in [-0.2, 0) is 0 Å². The molecule has 0 spiro atoms. The van der Waals surface area contributed by atoms with E-state index in [1.165, 1.54) is 38.5 Å². The van der Waals surface area contributed by atoms with Crippen molar-refractivity contribution in [2.75, 3.05) is 19.6 Å². The Balaban J connectivity index is 0.00000256. The highest BCUT2D eigenvalue weighted by Crippen LogP contribution is 2.13. The minimum Gasteiger partial charge on any atom is -0.356 e. The first-order valence-electron chi connectivity index (χ1n) is 6.89. The summed E-state index contributed by atoms with van der Waals surface area (Å²) in [6.45, 7) is 7.67. The fourth-order valence-electron chi connectivity index (χ4n) is 2.14. The fraction of sp³-hybridized carbons (Fsp3) is 0.923. The van der Waals surface area contributed by atoms with Crippen LogP contribution in [-0.4, -0.2) is 25.6 Å². The molecule has 0 aliphatic carbocycles. The molecule has 0 radical (unpaired) electrons. The SMILES string of the molecule is CCCCC(CCC)CNC1=NCCCN1.I. The predicted octanol–water partition coefficient (Wildman–Crippen LogP) is 3.15. The molecule has 0 fully saturated rings. The third kappa shape index (κ3) is 7.84. The standard InChI is InChI=1S/C13H27N3.HI/c1-3-5-8-12(7-4-2)11-16-13-14-9-6-10-15-13;/h12H,3-11H2,1-2H3,(H2,14,15,16);1H. The summed E-state index contributed by atoms with van der Waals surface area (Å²) in [6, 6.07) is 0. The molecule has 1 unspecified atom stereocenters. The van der Waals surface area contributed by atoms with Crippen LogP contribution in [0.2, 0.25) is 0 Å². The van der Waals surface area contributed by atoms with Gasteiger partial charge in [0, 0.05) is 19.6 Å². The summed E-state index contributed by atoms with van der Waals surface area (Å²) in [6.07, 6.45) is 7.80. The Morgan fingerprint density at radius 2 is 2.12 bits per heavy atom. The molecule has 2 N–H and O–H groups in total. The van der Waals surface area contributed by atoms with E-state index in [1.807, 2.05) is 0 Å². The smallest absolute Gasteiger partial charge is 0.191 e. The second-order valence-electron chi connectivity index (χ2n) is 4.69. The Morgan fingerprint density at radius 1 is 1.29 bits per heavy atom. The second-order valence-corrected chi connectivity index (χ2v) is 4.69. The van der Waals surface area contributed by atoms with Crippen molar-refractivity contribution in [3.05, 3.63) is 0 Å². The highest BCUT2D eigenvalue weighted by Gasteiger charge is 2.09. The van der Waals surface area contributed by atoms with E-state index in [9.17, 15) is 0 Å². The normalized spacial score (nSPS) is 16.5. The molecule has 3 nitrogen and oxygen atoms in total. The molecule has 0 saturated carbocycles. The molecule has 0 aromatic carbocycles. The zero-order valence-corrected chi connectivity index (χ0v) is 13.6. The van der Waals surface area contributed by atoms with Crippen molar-refractivity contribution in [1.29, 1.82) is 0 Å². The molecule has 1 rings (SSSR count). The van der Waals surface area contributed by atoms with Gasteiger partial charge in [-0.05, 0) is 25.2 Å². The number of rotatable bonds is 7. The molecule has 1 atom stereocenters. The van der Waals surface area contributed by atoms with Crippen molar-refractivity contribution < 1.29 is 0 Å². The second kappa shape index (κ2) is 11.1. The summed E-state index contributed by atoms with van der Waals surface area (Å²) >= 11 is 0. The Morgan fingerprint density at radius 3 is 2.71 bits per heavy atom. The summed E-state index contributed by atoms with van der Waals surface area (Å²) in [5.74, 6) is 1.83. The van der Waals surface area contributed by atoms with Crippen LogP contribution >= 0.6 is 24.0 Å². The number of halogens is 1. The van der Waals surface area contributed by atoms with Gasteiger partial charge in [0.25, 0.3) is 0 Å². The van der Waals surface area contributed by atoms with Crippen LogP contribution in [0.4, 0.5) is 0 Å². The van der Waals surface area contributed by atoms with E-state index in [0.29, 0.717) is 0 Å². The lowest BCUT2D eigenvalue weighted by Crippen LogP contribution is -2.42. The molecule has 4 heteroatoms. The van der Waals surface area contributed by atoms with Crippen LogP contribution in [0.3, 0.4) is 0 Å². The largest absolute Gasteiger partial charge is 0.356 e. The van der Waals surface area contributed by atoms with Crippen LogP contribution in [0.1, 0.15) is 52.4 Å². The molecule has 0 aromatic heterocycles. The Bertz CT molecular complexity index is 207. The van der Waals surface area contributed by atoms with E-state index in [4.69, 9.17) is 0 Å². The van der Waals surface area contributed by atoms with Crippen LogP contribution < -0.4 is 10.6 Å². The Hall–Kier alpha value is 0. The van der Waals surface area contributed by atoms with Crippen molar-refractivity contribution in [2.45, 2.75) is 52.4 Å². The maximum Gasteiger partial charge on any atom is 0.191 e. The highest BCUT2D eigenvalue weighted by molar-refractivity contribution is 14.0. The average Bonchev–Trinajstić information content (AvgIpc) is 2.34. The lowest BCUT2D eigenvalue weighted by molar-refractivity contribution is 0.422. The lowest BCUT2D eigenvalue weighted by Gasteiger charge is -2.20. The van der Waals surface area contributed by atoms with Crippen molar-refractivity contribution in [1.82, 2.24) is 10.6 Å². The summed E-state index contributed by atoms with van der Waals surface area (Å²) < 4.78 is 0. The lowest BCUT2D eigenvalue weighted by atomic mass is 9.97. The van der Waals surface area contributed by atoms with E-state index in [2.05, 4.69) is 29.5 Å². The van der Waals surface area contributed by atoms with Crippen molar-refractivity contribution in [3.63, 3.8) is 0 Å². The number of nitrogens with one attached hydrogen (secondary N) is 2. The van der Waals surface area contributed by atoms with E-state index < -0.39 is 0 Å². The summed E-state index contributed by atoms with van der Waals surface area (Å²) in [7, 11) is 0. The van der Waals surface area contributed by atoms with Crippen molar-refractivity contribution in [3.8, 4) is 0 Å². The topological polar surface area (TPSA) is 36.4 Å². The monoisotopic (exact) mass is 353 g/mol.